The van der Waals surface area contributed by atoms with Gasteiger partial charge >= 0.3 is 0 Å². The van der Waals surface area contributed by atoms with E-state index in [9.17, 15) is 0 Å². The molecular weight excluding hydrogens is 206 g/mol. The van der Waals surface area contributed by atoms with Crippen molar-refractivity contribution in [1.29, 1.82) is 0 Å². The van der Waals surface area contributed by atoms with Gasteiger partial charge in [0, 0.05) is 17.4 Å². The lowest BCUT2D eigenvalue weighted by molar-refractivity contribution is 0.547. The monoisotopic (exact) mass is 227 g/mol. The van der Waals surface area contributed by atoms with Crippen molar-refractivity contribution in [2.75, 3.05) is 18.1 Å². The molecule has 1 N–H and O–H groups in total. The summed E-state index contributed by atoms with van der Waals surface area (Å²) in [4.78, 5) is 0. The Bertz CT molecular complexity index is 246. The summed E-state index contributed by atoms with van der Waals surface area (Å²) in [7, 11) is 0. The van der Waals surface area contributed by atoms with Crippen LogP contribution in [0.2, 0.25) is 0 Å². The largest absolute Gasteiger partial charge is 0.472 e. The second-order valence-corrected chi connectivity index (χ2v) is 5.17. The molecule has 1 aromatic rings. The van der Waals surface area contributed by atoms with Crippen LogP contribution in [0.3, 0.4) is 0 Å². The van der Waals surface area contributed by atoms with Crippen LogP contribution >= 0.6 is 11.8 Å². The molecule has 0 amide bonds. The van der Waals surface area contributed by atoms with Crippen molar-refractivity contribution >= 4 is 11.8 Å². The molecule has 0 saturated heterocycles. The summed E-state index contributed by atoms with van der Waals surface area (Å²) in [6.45, 7) is 7.65. The van der Waals surface area contributed by atoms with Gasteiger partial charge in [0.1, 0.15) is 0 Å². The zero-order chi connectivity index (χ0) is 11.1. The van der Waals surface area contributed by atoms with E-state index in [4.69, 9.17) is 4.42 Å². The van der Waals surface area contributed by atoms with Crippen molar-refractivity contribution < 1.29 is 4.42 Å². The van der Waals surface area contributed by atoms with Gasteiger partial charge in [-0.2, -0.15) is 11.8 Å². The molecular formula is C12H21NOS. The average molecular weight is 227 g/mol. The van der Waals surface area contributed by atoms with Crippen molar-refractivity contribution in [3.05, 3.63) is 24.2 Å². The van der Waals surface area contributed by atoms with E-state index in [2.05, 4.69) is 26.1 Å². The Labute approximate surface area is 96.8 Å². The van der Waals surface area contributed by atoms with Crippen LogP contribution in [0.5, 0.6) is 0 Å². The summed E-state index contributed by atoms with van der Waals surface area (Å²) in [6, 6.07) is 2.47. The van der Waals surface area contributed by atoms with Crippen molar-refractivity contribution in [2.45, 2.75) is 26.8 Å². The van der Waals surface area contributed by atoms with Crippen LogP contribution in [0.25, 0.3) is 0 Å². The van der Waals surface area contributed by atoms with E-state index in [0.717, 1.165) is 18.2 Å². The number of rotatable bonds is 7. The second-order valence-electron chi connectivity index (χ2n) is 4.10. The minimum absolute atomic E-state index is 0.428. The SMILES string of the molecule is CCNC(CSCC(C)C)c1ccoc1. The van der Waals surface area contributed by atoms with Crippen LogP contribution in [0.15, 0.2) is 23.0 Å². The Morgan fingerprint density at radius 1 is 1.40 bits per heavy atom. The van der Waals surface area contributed by atoms with Crippen LogP contribution in [-0.2, 0) is 0 Å². The highest BCUT2D eigenvalue weighted by Gasteiger charge is 2.11. The molecule has 0 fully saturated rings. The smallest absolute Gasteiger partial charge is 0.0950 e. The van der Waals surface area contributed by atoms with E-state index in [1.807, 2.05) is 24.1 Å². The maximum atomic E-state index is 5.12. The first-order valence-electron chi connectivity index (χ1n) is 5.57. The number of furan rings is 1. The third-order valence-corrected chi connectivity index (χ3v) is 3.60. The summed E-state index contributed by atoms with van der Waals surface area (Å²) in [5.74, 6) is 3.10. The summed E-state index contributed by atoms with van der Waals surface area (Å²) in [6.07, 6.45) is 3.58. The Balaban J connectivity index is 2.38. The van der Waals surface area contributed by atoms with Crippen molar-refractivity contribution in [1.82, 2.24) is 5.32 Å². The molecule has 1 unspecified atom stereocenters. The molecule has 0 saturated carbocycles. The van der Waals surface area contributed by atoms with Gasteiger partial charge in [-0.1, -0.05) is 20.8 Å². The molecule has 1 rings (SSSR count). The Hall–Kier alpha value is -0.410. The maximum Gasteiger partial charge on any atom is 0.0950 e. The van der Waals surface area contributed by atoms with Gasteiger partial charge < -0.3 is 9.73 Å². The second kappa shape index (κ2) is 6.96. The van der Waals surface area contributed by atoms with E-state index in [1.165, 1.54) is 11.3 Å². The minimum Gasteiger partial charge on any atom is -0.472 e. The van der Waals surface area contributed by atoms with Crippen molar-refractivity contribution in [3.8, 4) is 0 Å². The highest BCUT2D eigenvalue weighted by molar-refractivity contribution is 7.99. The topological polar surface area (TPSA) is 25.2 Å². The number of thioether (sulfide) groups is 1. The Morgan fingerprint density at radius 3 is 2.73 bits per heavy atom. The van der Waals surface area contributed by atoms with Gasteiger partial charge in [0.05, 0.1) is 12.5 Å². The molecule has 0 radical (unpaired) electrons. The lowest BCUT2D eigenvalue weighted by Gasteiger charge is -2.16. The fourth-order valence-corrected chi connectivity index (χ4v) is 2.57. The number of hydrogen-bond donors (Lipinski definition) is 1. The number of hydrogen-bond acceptors (Lipinski definition) is 3. The van der Waals surface area contributed by atoms with Gasteiger partial charge in [-0.15, -0.1) is 0 Å². The predicted molar refractivity (Wildman–Crippen MR) is 67.3 cm³/mol. The Morgan fingerprint density at radius 2 is 2.20 bits per heavy atom. The van der Waals surface area contributed by atoms with Gasteiger partial charge in [-0.25, -0.2) is 0 Å². The van der Waals surface area contributed by atoms with Crippen LogP contribution in [0, 0.1) is 5.92 Å². The van der Waals surface area contributed by atoms with Crippen LogP contribution in [0.1, 0.15) is 32.4 Å². The van der Waals surface area contributed by atoms with Gasteiger partial charge in [0.25, 0.3) is 0 Å². The molecule has 1 aromatic heterocycles. The van der Waals surface area contributed by atoms with Gasteiger partial charge in [0.2, 0.25) is 0 Å². The molecule has 0 aliphatic rings. The molecule has 0 bridgehead atoms. The quantitative estimate of drug-likeness (QED) is 0.773. The third kappa shape index (κ3) is 4.76. The van der Waals surface area contributed by atoms with Crippen molar-refractivity contribution in [3.63, 3.8) is 0 Å². The van der Waals surface area contributed by atoms with Gasteiger partial charge in [-0.3, -0.25) is 0 Å². The van der Waals surface area contributed by atoms with E-state index < -0.39 is 0 Å². The van der Waals surface area contributed by atoms with Gasteiger partial charge in [0.15, 0.2) is 0 Å². The molecule has 0 aliphatic heterocycles. The van der Waals surface area contributed by atoms with E-state index in [1.54, 1.807) is 6.26 Å². The van der Waals surface area contributed by atoms with Crippen LogP contribution in [-0.4, -0.2) is 18.1 Å². The molecule has 1 atom stereocenters. The fraction of sp³-hybridized carbons (Fsp3) is 0.667. The minimum atomic E-state index is 0.428. The van der Waals surface area contributed by atoms with Crippen LogP contribution in [0.4, 0.5) is 0 Å². The standard InChI is InChI=1S/C12H21NOS/c1-4-13-12(9-15-8-10(2)3)11-5-6-14-7-11/h5-7,10,12-13H,4,8-9H2,1-3H3. The lowest BCUT2D eigenvalue weighted by Crippen LogP contribution is -2.22. The predicted octanol–water partition coefficient (Wildman–Crippen LogP) is 3.32. The first-order valence-corrected chi connectivity index (χ1v) is 6.72. The van der Waals surface area contributed by atoms with E-state index in [-0.39, 0.29) is 0 Å². The van der Waals surface area contributed by atoms with Crippen LogP contribution < -0.4 is 5.32 Å². The molecule has 15 heavy (non-hydrogen) atoms. The summed E-state index contributed by atoms with van der Waals surface area (Å²) >= 11 is 2.00. The maximum absolute atomic E-state index is 5.12. The highest BCUT2D eigenvalue weighted by Crippen LogP contribution is 2.20. The summed E-state index contributed by atoms with van der Waals surface area (Å²) < 4.78 is 5.12. The summed E-state index contributed by atoms with van der Waals surface area (Å²) in [5.41, 5.74) is 1.26. The third-order valence-electron chi connectivity index (χ3n) is 2.13. The number of nitrogens with one attached hydrogen (secondary N) is 1. The molecule has 1 heterocycles. The average Bonchev–Trinajstić information content (AvgIpc) is 2.68. The fourth-order valence-electron chi connectivity index (χ4n) is 1.41. The lowest BCUT2D eigenvalue weighted by atomic mass is 10.2. The zero-order valence-electron chi connectivity index (χ0n) is 9.82. The van der Waals surface area contributed by atoms with Gasteiger partial charge in [-0.05, 0) is 24.3 Å². The van der Waals surface area contributed by atoms with E-state index in [0.29, 0.717) is 6.04 Å². The molecule has 0 aliphatic carbocycles. The Kier molecular flexibility index (Phi) is 5.88. The zero-order valence-corrected chi connectivity index (χ0v) is 10.6. The normalized spacial score (nSPS) is 13.3. The highest BCUT2D eigenvalue weighted by atomic mass is 32.2. The molecule has 0 spiro atoms. The molecule has 3 heteroatoms. The molecule has 86 valence electrons. The van der Waals surface area contributed by atoms with Crippen molar-refractivity contribution in [2.24, 2.45) is 5.92 Å². The van der Waals surface area contributed by atoms with E-state index >= 15 is 0 Å². The first-order chi connectivity index (χ1) is 7.24. The first kappa shape index (κ1) is 12.7. The molecule has 2 nitrogen and oxygen atoms in total. The summed E-state index contributed by atoms with van der Waals surface area (Å²) in [5, 5.41) is 3.48. The molecule has 0 aromatic carbocycles.